The molecular formula is C15H30N2. The topological polar surface area (TPSA) is 15.3 Å². The van der Waals surface area contributed by atoms with Gasteiger partial charge >= 0.3 is 0 Å². The van der Waals surface area contributed by atoms with Gasteiger partial charge in [0.15, 0.2) is 0 Å². The van der Waals surface area contributed by atoms with Gasteiger partial charge in [-0.15, -0.1) is 0 Å². The van der Waals surface area contributed by atoms with Crippen LogP contribution in [0, 0.1) is 5.92 Å². The molecule has 2 fully saturated rings. The van der Waals surface area contributed by atoms with E-state index >= 15 is 0 Å². The van der Waals surface area contributed by atoms with Crippen molar-refractivity contribution in [2.24, 2.45) is 5.92 Å². The van der Waals surface area contributed by atoms with Gasteiger partial charge in [0, 0.05) is 18.1 Å². The normalized spacial score (nSPS) is 33.2. The van der Waals surface area contributed by atoms with Crippen molar-refractivity contribution in [3.63, 3.8) is 0 Å². The molecule has 2 nitrogen and oxygen atoms in total. The zero-order valence-corrected chi connectivity index (χ0v) is 11.9. The van der Waals surface area contributed by atoms with Crippen molar-refractivity contribution >= 4 is 0 Å². The maximum atomic E-state index is 3.94. The maximum Gasteiger partial charge on any atom is 0.00953 e. The van der Waals surface area contributed by atoms with Gasteiger partial charge in [0.05, 0.1) is 0 Å². The molecule has 0 amide bonds. The number of hydrogen-bond acceptors (Lipinski definition) is 2. The van der Waals surface area contributed by atoms with E-state index in [1.54, 1.807) is 0 Å². The zero-order valence-electron chi connectivity index (χ0n) is 11.9. The SMILES string of the molecule is CC1CCCCC1NC1CCN(C(C)C)CC1. The van der Waals surface area contributed by atoms with Gasteiger partial charge < -0.3 is 10.2 Å². The van der Waals surface area contributed by atoms with Crippen LogP contribution in [0.1, 0.15) is 59.3 Å². The number of likely N-dealkylation sites (tertiary alicyclic amines) is 1. The molecular weight excluding hydrogens is 208 g/mol. The minimum atomic E-state index is 0.726. The highest BCUT2D eigenvalue weighted by Crippen LogP contribution is 2.25. The first-order chi connectivity index (χ1) is 8.16. The molecule has 2 unspecified atom stereocenters. The molecule has 17 heavy (non-hydrogen) atoms. The highest BCUT2D eigenvalue weighted by Gasteiger charge is 2.26. The van der Waals surface area contributed by atoms with Crippen molar-refractivity contribution in [1.29, 1.82) is 0 Å². The number of hydrogen-bond donors (Lipinski definition) is 1. The summed E-state index contributed by atoms with van der Waals surface area (Å²) >= 11 is 0. The lowest BCUT2D eigenvalue weighted by atomic mass is 9.85. The second kappa shape index (κ2) is 6.19. The van der Waals surface area contributed by atoms with E-state index in [2.05, 4.69) is 31.0 Å². The molecule has 1 N–H and O–H groups in total. The van der Waals surface area contributed by atoms with Gasteiger partial charge in [-0.05, 0) is 58.5 Å². The quantitative estimate of drug-likeness (QED) is 0.813. The molecule has 0 spiro atoms. The van der Waals surface area contributed by atoms with Crippen LogP contribution in [0.3, 0.4) is 0 Å². The number of nitrogens with one attached hydrogen (secondary N) is 1. The fraction of sp³-hybridized carbons (Fsp3) is 1.00. The van der Waals surface area contributed by atoms with E-state index in [0.717, 1.165) is 24.0 Å². The van der Waals surface area contributed by atoms with Crippen molar-refractivity contribution in [2.75, 3.05) is 13.1 Å². The smallest absolute Gasteiger partial charge is 0.00953 e. The van der Waals surface area contributed by atoms with Crippen LogP contribution in [0.5, 0.6) is 0 Å². The van der Waals surface area contributed by atoms with Crippen LogP contribution in [0.25, 0.3) is 0 Å². The Kier molecular flexibility index (Phi) is 4.87. The monoisotopic (exact) mass is 238 g/mol. The third-order valence-electron chi connectivity index (χ3n) is 4.82. The van der Waals surface area contributed by atoms with Crippen molar-refractivity contribution in [3.05, 3.63) is 0 Å². The van der Waals surface area contributed by atoms with Crippen LogP contribution < -0.4 is 5.32 Å². The van der Waals surface area contributed by atoms with E-state index in [0.29, 0.717) is 0 Å². The molecule has 100 valence electrons. The Labute approximate surface area is 107 Å². The molecule has 1 heterocycles. The molecule has 1 saturated heterocycles. The second-order valence-corrected chi connectivity index (χ2v) is 6.44. The van der Waals surface area contributed by atoms with Gasteiger partial charge in [0.1, 0.15) is 0 Å². The molecule has 2 rings (SSSR count). The Hall–Kier alpha value is -0.0800. The zero-order chi connectivity index (χ0) is 12.3. The summed E-state index contributed by atoms with van der Waals surface area (Å²) in [4.78, 5) is 2.61. The highest BCUT2D eigenvalue weighted by molar-refractivity contribution is 4.85. The predicted molar refractivity (Wildman–Crippen MR) is 74.3 cm³/mol. The van der Waals surface area contributed by atoms with Gasteiger partial charge in [-0.25, -0.2) is 0 Å². The van der Waals surface area contributed by atoms with Gasteiger partial charge in [-0.1, -0.05) is 19.8 Å². The van der Waals surface area contributed by atoms with E-state index in [-0.39, 0.29) is 0 Å². The van der Waals surface area contributed by atoms with Crippen LogP contribution in [-0.4, -0.2) is 36.1 Å². The third-order valence-corrected chi connectivity index (χ3v) is 4.82. The number of piperidine rings is 1. The third kappa shape index (κ3) is 3.69. The first-order valence-electron chi connectivity index (χ1n) is 7.67. The summed E-state index contributed by atoms with van der Waals surface area (Å²) in [5, 5.41) is 3.94. The molecule has 0 aromatic carbocycles. The summed E-state index contributed by atoms with van der Waals surface area (Å²) < 4.78 is 0. The Morgan fingerprint density at radius 2 is 1.65 bits per heavy atom. The van der Waals surface area contributed by atoms with Gasteiger partial charge in [0.2, 0.25) is 0 Å². The standard InChI is InChI=1S/C15H30N2/c1-12(2)17-10-8-14(9-11-17)16-15-7-5-4-6-13(15)3/h12-16H,4-11H2,1-3H3. The Bertz CT molecular complexity index is 219. The van der Waals surface area contributed by atoms with Crippen LogP contribution in [0.15, 0.2) is 0 Å². The highest BCUT2D eigenvalue weighted by atomic mass is 15.2. The van der Waals surface area contributed by atoms with Crippen molar-refractivity contribution in [2.45, 2.75) is 77.4 Å². The van der Waals surface area contributed by atoms with Crippen LogP contribution in [0.4, 0.5) is 0 Å². The average Bonchev–Trinajstić information content (AvgIpc) is 2.33. The molecule has 0 aromatic rings. The van der Waals surface area contributed by atoms with E-state index in [9.17, 15) is 0 Å². The van der Waals surface area contributed by atoms with Crippen molar-refractivity contribution < 1.29 is 0 Å². The lowest BCUT2D eigenvalue weighted by molar-refractivity contribution is 0.144. The summed E-state index contributed by atoms with van der Waals surface area (Å²) in [6, 6.07) is 2.32. The molecule has 2 atom stereocenters. The minimum Gasteiger partial charge on any atom is -0.311 e. The summed E-state index contributed by atoms with van der Waals surface area (Å²) in [5.74, 6) is 0.895. The Morgan fingerprint density at radius 1 is 1.00 bits per heavy atom. The van der Waals surface area contributed by atoms with Crippen molar-refractivity contribution in [3.8, 4) is 0 Å². The Morgan fingerprint density at radius 3 is 2.24 bits per heavy atom. The number of rotatable bonds is 3. The molecule has 1 aliphatic heterocycles. The van der Waals surface area contributed by atoms with E-state index in [1.165, 1.54) is 51.6 Å². The van der Waals surface area contributed by atoms with E-state index in [4.69, 9.17) is 0 Å². The van der Waals surface area contributed by atoms with Crippen molar-refractivity contribution in [1.82, 2.24) is 10.2 Å². The molecule has 2 heteroatoms. The second-order valence-electron chi connectivity index (χ2n) is 6.44. The lowest BCUT2D eigenvalue weighted by Crippen LogP contribution is -2.49. The predicted octanol–water partition coefficient (Wildman–Crippen LogP) is 3.03. The molecule has 1 saturated carbocycles. The fourth-order valence-corrected chi connectivity index (χ4v) is 3.45. The molecule has 1 aliphatic carbocycles. The first-order valence-corrected chi connectivity index (χ1v) is 7.67. The Balaban J connectivity index is 1.73. The first kappa shape index (κ1) is 13.4. The largest absolute Gasteiger partial charge is 0.311 e. The molecule has 2 aliphatic rings. The van der Waals surface area contributed by atoms with Crippen LogP contribution in [-0.2, 0) is 0 Å². The van der Waals surface area contributed by atoms with Crippen LogP contribution in [0.2, 0.25) is 0 Å². The van der Waals surface area contributed by atoms with Gasteiger partial charge in [-0.3, -0.25) is 0 Å². The number of nitrogens with zero attached hydrogens (tertiary/aromatic N) is 1. The van der Waals surface area contributed by atoms with Gasteiger partial charge in [-0.2, -0.15) is 0 Å². The fourth-order valence-electron chi connectivity index (χ4n) is 3.45. The summed E-state index contributed by atoms with van der Waals surface area (Å²) in [6.45, 7) is 9.64. The van der Waals surface area contributed by atoms with E-state index in [1.807, 2.05) is 0 Å². The van der Waals surface area contributed by atoms with Gasteiger partial charge in [0.25, 0.3) is 0 Å². The maximum absolute atomic E-state index is 3.94. The summed E-state index contributed by atoms with van der Waals surface area (Å²) in [5.41, 5.74) is 0. The summed E-state index contributed by atoms with van der Waals surface area (Å²) in [7, 11) is 0. The molecule has 0 radical (unpaired) electrons. The molecule has 0 aromatic heterocycles. The molecule has 0 bridgehead atoms. The van der Waals surface area contributed by atoms with Crippen LogP contribution >= 0.6 is 0 Å². The minimum absolute atomic E-state index is 0.726. The van der Waals surface area contributed by atoms with E-state index < -0.39 is 0 Å². The summed E-state index contributed by atoms with van der Waals surface area (Å²) in [6.07, 6.45) is 8.43. The average molecular weight is 238 g/mol. The lowest BCUT2D eigenvalue weighted by Gasteiger charge is -2.39.